The third-order valence-corrected chi connectivity index (χ3v) is 5.99. The molecule has 0 aliphatic carbocycles. The molecule has 0 aromatic heterocycles. The minimum atomic E-state index is -0.690. The molecule has 1 heterocycles. The van der Waals surface area contributed by atoms with Crippen LogP contribution in [0.5, 0.6) is 5.75 Å². The second-order valence-corrected chi connectivity index (χ2v) is 8.26. The van der Waals surface area contributed by atoms with Crippen LogP contribution < -0.4 is 4.74 Å². The first-order chi connectivity index (χ1) is 16.1. The van der Waals surface area contributed by atoms with E-state index in [0.29, 0.717) is 19.7 Å². The van der Waals surface area contributed by atoms with E-state index in [4.69, 9.17) is 4.74 Å². The molecule has 0 amide bonds. The van der Waals surface area contributed by atoms with E-state index in [1.807, 2.05) is 60.7 Å². The fraction of sp³-hybridized carbons (Fsp3) is 0.296. The topological polar surface area (TPSA) is 32.8 Å². The maximum Gasteiger partial charge on any atom is 0.167 e. The molecule has 1 aliphatic heterocycles. The maximum atomic E-state index is 13.7. The SMILES string of the molecule is O=C(CN1CCN(CCOc2ccc(F)cc2F)CC1)C(c1ccccc1)c1ccccc1. The molecule has 1 saturated heterocycles. The summed E-state index contributed by atoms with van der Waals surface area (Å²) in [6.07, 6.45) is 0. The van der Waals surface area contributed by atoms with E-state index in [1.54, 1.807) is 0 Å². The van der Waals surface area contributed by atoms with Crippen molar-refractivity contribution in [1.29, 1.82) is 0 Å². The van der Waals surface area contributed by atoms with Gasteiger partial charge in [-0.25, -0.2) is 8.78 Å². The van der Waals surface area contributed by atoms with Crippen molar-refractivity contribution in [2.24, 2.45) is 0 Å². The van der Waals surface area contributed by atoms with Crippen molar-refractivity contribution < 1.29 is 18.3 Å². The largest absolute Gasteiger partial charge is 0.489 e. The van der Waals surface area contributed by atoms with E-state index in [2.05, 4.69) is 9.80 Å². The summed E-state index contributed by atoms with van der Waals surface area (Å²) in [7, 11) is 0. The minimum absolute atomic E-state index is 0.0634. The van der Waals surface area contributed by atoms with Crippen LogP contribution in [-0.2, 0) is 4.79 Å². The molecule has 0 unspecified atom stereocenters. The molecule has 1 fully saturated rings. The van der Waals surface area contributed by atoms with Gasteiger partial charge in [0.25, 0.3) is 0 Å². The third kappa shape index (κ3) is 6.24. The summed E-state index contributed by atoms with van der Waals surface area (Å²) in [5.74, 6) is -1.33. The summed E-state index contributed by atoms with van der Waals surface area (Å²) >= 11 is 0. The summed E-state index contributed by atoms with van der Waals surface area (Å²) < 4.78 is 32.1. The second-order valence-electron chi connectivity index (χ2n) is 8.26. The van der Waals surface area contributed by atoms with Gasteiger partial charge in [0.05, 0.1) is 12.5 Å². The van der Waals surface area contributed by atoms with E-state index in [1.165, 1.54) is 12.1 Å². The van der Waals surface area contributed by atoms with E-state index in [9.17, 15) is 13.6 Å². The Kier molecular flexibility index (Phi) is 7.81. The van der Waals surface area contributed by atoms with E-state index < -0.39 is 11.6 Å². The molecule has 1 aliphatic rings. The average Bonchev–Trinajstić information content (AvgIpc) is 2.83. The normalized spacial score (nSPS) is 15.0. The lowest BCUT2D eigenvalue weighted by atomic mass is 9.87. The number of piperazine rings is 1. The smallest absolute Gasteiger partial charge is 0.167 e. The molecule has 3 aromatic rings. The van der Waals surface area contributed by atoms with Crippen LogP contribution in [0.15, 0.2) is 78.9 Å². The van der Waals surface area contributed by atoms with E-state index >= 15 is 0 Å². The quantitative estimate of drug-likeness (QED) is 0.485. The van der Waals surface area contributed by atoms with Crippen molar-refractivity contribution in [1.82, 2.24) is 9.80 Å². The average molecular weight is 451 g/mol. The standard InChI is InChI=1S/C27H28F2N2O2/c28-23-11-12-26(24(29)19-23)33-18-17-30-13-15-31(16-14-30)20-25(32)27(21-7-3-1-4-8-21)22-9-5-2-6-10-22/h1-12,19,27H,13-18,20H2. The first kappa shape index (κ1) is 23.1. The van der Waals surface area contributed by atoms with Crippen LogP contribution in [0.3, 0.4) is 0 Å². The molecule has 4 rings (SSSR count). The molecule has 4 nitrogen and oxygen atoms in total. The number of halogens is 2. The molecule has 3 aromatic carbocycles. The van der Waals surface area contributed by atoms with Gasteiger partial charge in [-0.15, -0.1) is 0 Å². The number of benzene rings is 3. The van der Waals surface area contributed by atoms with Crippen LogP contribution in [0, 0.1) is 11.6 Å². The molecule has 0 N–H and O–H groups in total. The van der Waals surface area contributed by atoms with Crippen LogP contribution in [0.25, 0.3) is 0 Å². The summed E-state index contributed by atoms with van der Waals surface area (Å²) in [4.78, 5) is 17.8. The summed E-state index contributed by atoms with van der Waals surface area (Å²) in [6, 6.07) is 23.2. The zero-order chi connectivity index (χ0) is 23.0. The Morgan fingerprint density at radius 2 is 1.39 bits per heavy atom. The van der Waals surface area contributed by atoms with Crippen molar-refractivity contribution in [2.75, 3.05) is 45.9 Å². The fourth-order valence-corrected chi connectivity index (χ4v) is 4.21. The third-order valence-electron chi connectivity index (χ3n) is 5.99. The number of nitrogens with zero attached hydrogens (tertiary/aromatic N) is 2. The van der Waals surface area contributed by atoms with Gasteiger partial charge in [0.2, 0.25) is 0 Å². The van der Waals surface area contributed by atoms with Crippen LogP contribution in [0.1, 0.15) is 17.0 Å². The summed E-state index contributed by atoms with van der Waals surface area (Å²) in [6.45, 7) is 4.56. The van der Waals surface area contributed by atoms with Crippen LogP contribution >= 0.6 is 0 Å². The minimum Gasteiger partial charge on any atom is -0.489 e. The number of rotatable bonds is 9. The highest BCUT2D eigenvalue weighted by Gasteiger charge is 2.26. The Hall–Kier alpha value is -3.09. The lowest BCUT2D eigenvalue weighted by molar-refractivity contribution is -0.121. The number of Topliss-reactive ketones (excluding diaryl/α,β-unsaturated/α-hetero) is 1. The van der Waals surface area contributed by atoms with E-state index in [0.717, 1.165) is 43.4 Å². The first-order valence-corrected chi connectivity index (χ1v) is 11.3. The molecule has 6 heteroatoms. The molecule has 172 valence electrons. The molecule has 33 heavy (non-hydrogen) atoms. The zero-order valence-corrected chi connectivity index (χ0v) is 18.5. The Bertz CT molecular complexity index is 999. The Labute approximate surface area is 193 Å². The van der Waals surface area contributed by atoms with Gasteiger partial charge in [-0.3, -0.25) is 14.6 Å². The Morgan fingerprint density at radius 1 is 0.818 bits per heavy atom. The van der Waals surface area contributed by atoms with Gasteiger partial charge in [-0.05, 0) is 23.3 Å². The van der Waals surface area contributed by atoms with Crippen molar-refractivity contribution in [3.63, 3.8) is 0 Å². The number of hydrogen-bond donors (Lipinski definition) is 0. The second kappa shape index (κ2) is 11.2. The highest BCUT2D eigenvalue weighted by atomic mass is 19.1. The van der Waals surface area contributed by atoms with Gasteiger partial charge in [-0.1, -0.05) is 60.7 Å². The number of ether oxygens (including phenoxy) is 1. The van der Waals surface area contributed by atoms with Crippen LogP contribution in [0.4, 0.5) is 8.78 Å². The fourth-order valence-electron chi connectivity index (χ4n) is 4.21. The van der Waals surface area contributed by atoms with E-state index in [-0.39, 0.29) is 17.5 Å². The molecule has 0 bridgehead atoms. The highest BCUT2D eigenvalue weighted by Crippen LogP contribution is 2.26. The van der Waals surface area contributed by atoms with Crippen LogP contribution in [0.2, 0.25) is 0 Å². The summed E-state index contributed by atoms with van der Waals surface area (Å²) in [5.41, 5.74) is 2.02. The molecular weight excluding hydrogens is 422 g/mol. The zero-order valence-electron chi connectivity index (χ0n) is 18.5. The van der Waals surface area contributed by atoms with Crippen molar-refractivity contribution in [2.45, 2.75) is 5.92 Å². The molecule has 0 atom stereocenters. The number of carbonyl (C=O) groups excluding carboxylic acids is 1. The molecule has 0 spiro atoms. The molecule has 0 saturated carbocycles. The predicted molar refractivity (Wildman–Crippen MR) is 124 cm³/mol. The van der Waals surface area contributed by atoms with Gasteiger partial charge in [0.1, 0.15) is 12.4 Å². The highest BCUT2D eigenvalue weighted by molar-refractivity contribution is 5.90. The van der Waals surface area contributed by atoms with Crippen LogP contribution in [-0.4, -0.2) is 61.5 Å². The van der Waals surface area contributed by atoms with Crippen molar-refractivity contribution in [3.05, 3.63) is 102 Å². The van der Waals surface area contributed by atoms with Crippen molar-refractivity contribution in [3.8, 4) is 5.75 Å². The lowest BCUT2D eigenvalue weighted by Crippen LogP contribution is -2.49. The maximum absolute atomic E-state index is 13.7. The monoisotopic (exact) mass is 450 g/mol. The summed E-state index contributed by atoms with van der Waals surface area (Å²) in [5, 5.41) is 0. The number of carbonyl (C=O) groups is 1. The number of hydrogen-bond acceptors (Lipinski definition) is 4. The molecular formula is C27H28F2N2O2. The van der Waals surface area contributed by atoms with Gasteiger partial charge in [-0.2, -0.15) is 0 Å². The lowest BCUT2D eigenvalue weighted by Gasteiger charge is -2.34. The van der Waals surface area contributed by atoms with Gasteiger partial charge in [0, 0.05) is 38.8 Å². The Morgan fingerprint density at radius 3 is 1.97 bits per heavy atom. The van der Waals surface area contributed by atoms with Gasteiger partial charge in [0.15, 0.2) is 17.3 Å². The first-order valence-electron chi connectivity index (χ1n) is 11.3. The predicted octanol–water partition coefficient (Wildman–Crippen LogP) is 4.36. The number of ketones is 1. The van der Waals surface area contributed by atoms with Gasteiger partial charge < -0.3 is 4.74 Å². The van der Waals surface area contributed by atoms with Crippen molar-refractivity contribution >= 4 is 5.78 Å². The Balaban J connectivity index is 1.28. The van der Waals surface area contributed by atoms with Gasteiger partial charge >= 0.3 is 0 Å². The molecule has 0 radical (unpaired) electrons.